The highest BCUT2D eigenvalue weighted by molar-refractivity contribution is 5.33. The molecule has 0 radical (unpaired) electrons. The molecule has 2 bridgehead atoms. The molecule has 0 saturated carbocycles. The fourth-order valence-electron chi connectivity index (χ4n) is 3.25. The lowest BCUT2D eigenvalue weighted by Gasteiger charge is -2.45. The Labute approximate surface area is 106 Å². The Morgan fingerprint density at radius 2 is 2.00 bits per heavy atom. The van der Waals surface area contributed by atoms with E-state index in [9.17, 15) is 9.50 Å². The van der Waals surface area contributed by atoms with E-state index in [2.05, 4.69) is 5.32 Å². The van der Waals surface area contributed by atoms with Crippen LogP contribution in [0.3, 0.4) is 0 Å². The van der Waals surface area contributed by atoms with Crippen molar-refractivity contribution in [1.29, 1.82) is 0 Å². The number of fused-ring (bicyclic) bond motifs is 2. The fourth-order valence-corrected chi connectivity index (χ4v) is 3.25. The van der Waals surface area contributed by atoms with Gasteiger partial charge >= 0.3 is 0 Å². The summed E-state index contributed by atoms with van der Waals surface area (Å²) in [5.74, 6) is -0.249. The third-order valence-corrected chi connectivity index (χ3v) is 4.05. The summed E-state index contributed by atoms with van der Waals surface area (Å²) >= 11 is 0. The second-order valence-corrected chi connectivity index (χ2v) is 5.45. The molecule has 2 fully saturated rings. The molecule has 2 atom stereocenters. The maximum Gasteiger partial charge on any atom is 0.126 e. The van der Waals surface area contributed by atoms with Crippen molar-refractivity contribution in [3.8, 4) is 0 Å². The molecule has 1 aromatic carbocycles. The molecule has 1 aromatic rings. The monoisotopic (exact) mass is 251 g/mol. The van der Waals surface area contributed by atoms with E-state index in [1.165, 1.54) is 6.07 Å². The third-order valence-electron chi connectivity index (χ3n) is 4.05. The Kier molecular flexibility index (Phi) is 2.88. The molecule has 4 heteroatoms. The van der Waals surface area contributed by atoms with Crippen molar-refractivity contribution in [2.45, 2.75) is 37.5 Å². The summed E-state index contributed by atoms with van der Waals surface area (Å²) in [6.07, 6.45) is 1.15. The molecule has 2 saturated heterocycles. The van der Waals surface area contributed by atoms with Crippen LogP contribution in [0.15, 0.2) is 18.2 Å². The van der Waals surface area contributed by atoms with Crippen molar-refractivity contribution >= 4 is 0 Å². The van der Waals surface area contributed by atoms with E-state index in [0.717, 1.165) is 5.56 Å². The second kappa shape index (κ2) is 4.30. The Morgan fingerprint density at radius 3 is 2.67 bits per heavy atom. The average Bonchev–Trinajstić information content (AvgIpc) is 2.32. The van der Waals surface area contributed by atoms with Gasteiger partial charge in [-0.25, -0.2) is 4.39 Å². The van der Waals surface area contributed by atoms with E-state index >= 15 is 0 Å². The minimum absolute atomic E-state index is 0.158. The van der Waals surface area contributed by atoms with Gasteiger partial charge in [-0.2, -0.15) is 0 Å². The fraction of sp³-hybridized carbons (Fsp3) is 0.571. The molecule has 2 N–H and O–H groups in total. The van der Waals surface area contributed by atoms with Gasteiger partial charge in [0, 0.05) is 12.1 Å². The predicted octanol–water partition coefficient (Wildman–Crippen LogP) is 1.47. The van der Waals surface area contributed by atoms with Crippen LogP contribution in [-0.2, 0) is 10.3 Å². The van der Waals surface area contributed by atoms with Gasteiger partial charge in [0.15, 0.2) is 0 Å². The highest BCUT2D eigenvalue weighted by atomic mass is 19.1. The van der Waals surface area contributed by atoms with Crippen LogP contribution in [0.25, 0.3) is 0 Å². The molecule has 2 unspecified atom stereocenters. The Morgan fingerprint density at radius 1 is 1.33 bits per heavy atom. The van der Waals surface area contributed by atoms with Crippen LogP contribution in [0.1, 0.15) is 24.0 Å². The molecular formula is C14H18FNO2. The number of rotatable bonds is 1. The maximum absolute atomic E-state index is 13.6. The lowest BCUT2D eigenvalue weighted by Crippen LogP contribution is -2.58. The van der Waals surface area contributed by atoms with E-state index in [1.807, 2.05) is 6.07 Å². The average molecular weight is 251 g/mol. The predicted molar refractivity (Wildman–Crippen MR) is 65.8 cm³/mol. The van der Waals surface area contributed by atoms with Gasteiger partial charge in [-0.15, -0.1) is 0 Å². The summed E-state index contributed by atoms with van der Waals surface area (Å²) in [5.41, 5.74) is 0.345. The van der Waals surface area contributed by atoms with Crippen LogP contribution < -0.4 is 5.32 Å². The van der Waals surface area contributed by atoms with Crippen molar-refractivity contribution < 1.29 is 14.2 Å². The van der Waals surface area contributed by atoms with Gasteiger partial charge in [0.1, 0.15) is 5.82 Å². The molecule has 3 rings (SSSR count). The zero-order chi connectivity index (χ0) is 12.8. The van der Waals surface area contributed by atoms with Crippen molar-refractivity contribution in [1.82, 2.24) is 5.32 Å². The quantitative estimate of drug-likeness (QED) is 0.794. The lowest BCUT2D eigenvalue weighted by molar-refractivity contribution is -0.0806. The van der Waals surface area contributed by atoms with Gasteiger partial charge in [0.2, 0.25) is 0 Å². The number of benzene rings is 1. The van der Waals surface area contributed by atoms with Gasteiger partial charge in [0.05, 0.1) is 18.8 Å². The maximum atomic E-state index is 13.6. The summed E-state index contributed by atoms with van der Waals surface area (Å²) in [5, 5.41) is 14.3. The highest BCUT2D eigenvalue weighted by Gasteiger charge is 2.43. The number of nitrogens with one attached hydrogen (secondary N) is 1. The summed E-state index contributed by atoms with van der Waals surface area (Å²) in [6, 6.07) is 5.26. The van der Waals surface area contributed by atoms with Gasteiger partial charge in [0.25, 0.3) is 0 Å². The van der Waals surface area contributed by atoms with Crippen molar-refractivity contribution in [2.24, 2.45) is 0 Å². The molecule has 3 nitrogen and oxygen atoms in total. The first-order valence-corrected chi connectivity index (χ1v) is 6.40. The number of morpholine rings is 1. The summed E-state index contributed by atoms with van der Waals surface area (Å²) < 4.78 is 19.1. The smallest absolute Gasteiger partial charge is 0.126 e. The molecule has 0 amide bonds. The zero-order valence-electron chi connectivity index (χ0n) is 10.4. The van der Waals surface area contributed by atoms with Crippen molar-refractivity contribution in [3.05, 3.63) is 35.1 Å². The number of hydrogen-bond donors (Lipinski definition) is 2. The molecule has 2 heterocycles. The van der Waals surface area contributed by atoms with E-state index in [4.69, 9.17) is 4.74 Å². The van der Waals surface area contributed by atoms with Gasteiger partial charge in [-0.1, -0.05) is 12.1 Å². The second-order valence-electron chi connectivity index (χ2n) is 5.45. The van der Waals surface area contributed by atoms with Gasteiger partial charge < -0.3 is 15.2 Å². The topological polar surface area (TPSA) is 41.5 Å². The number of aliphatic hydroxyl groups is 1. The normalized spacial score (nSPS) is 35.5. The minimum Gasteiger partial charge on any atom is -0.385 e. The number of halogens is 1. The summed E-state index contributed by atoms with van der Waals surface area (Å²) in [7, 11) is 0. The molecule has 2 aliphatic heterocycles. The highest BCUT2D eigenvalue weighted by Crippen LogP contribution is 2.38. The summed E-state index contributed by atoms with van der Waals surface area (Å²) in [6.45, 7) is 2.97. The molecule has 0 aliphatic carbocycles. The van der Waals surface area contributed by atoms with E-state index in [0.29, 0.717) is 31.6 Å². The van der Waals surface area contributed by atoms with Crippen LogP contribution in [0.5, 0.6) is 0 Å². The third kappa shape index (κ3) is 1.94. The Hall–Kier alpha value is -0.970. The molecule has 18 heavy (non-hydrogen) atoms. The van der Waals surface area contributed by atoms with Crippen LogP contribution >= 0.6 is 0 Å². The zero-order valence-corrected chi connectivity index (χ0v) is 10.4. The molecule has 0 aromatic heterocycles. The first-order chi connectivity index (χ1) is 8.58. The van der Waals surface area contributed by atoms with Crippen LogP contribution in [0, 0.1) is 12.7 Å². The van der Waals surface area contributed by atoms with Gasteiger partial charge in [-0.3, -0.25) is 0 Å². The molecule has 2 aliphatic rings. The molecular weight excluding hydrogens is 233 g/mol. The summed E-state index contributed by atoms with van der Waals surface area (Å²) in [4.78, 5) is 0. The minimum atomic E-state index is -0.934. The first-order valence-electron chi connectivity index (χ1n) is 6.40. The largest absolute Gasteiger partial charge is 0.385 e. The standard InChI is InChI=1S/C14H18FNO2/c1-9-12(3-2-4-13(9)15)14(17)5-10-7-18-8-11(6-14)16-10/h2-4,10-11,16-17H,5-8H2,1H3. The van der Waals surface area contributed by atoms with Gasteiger partial charge in [-0.05, 0) is 37.0 Å². The van der Waals surface area contributed by atoms with E-state index in [1.54, 1.807) is 13.0 Å². The first kappa shape index (κ1) is 12.1. The van der Waals surface area contributed by atoms with Crippen LogP contribution in [0.2, 0.25) is 0 Å². The molecule has 0 spiro atoms. The van der Waals surface area contributed by atoms with Crippen LogP contribution in [-0.4, -0.2) is 30.4 Å². The number of piperidine rings is 1. The van der Waals surface area contributed by atoms with Crippen molar-refractivity contribution in [2.75, 3.05) is 13.2 Å². The Bertz CT molecular complexity index is 451. The van der Waals surface area contributed by atoms with Crippen molar-refractivity contribution in [3.63, 3.8) is 0 Å². The lowest BCUT2D eigenvalue weighted by atomic mass is 9.76. The number of hydrogen-bond acceptors (Lipinski definition) is 3. The van der Waals surface area contributed by atoms with Crippen LogP contribution in [0.4, 0.5) is 4.39 Å². The Balaban J connectivity index is 1.96. The van der Waals surface area contributed by atoms with E-state index in [-0.39, 0.29) is 17.9 Å². The SMILES string of the molecule is Cc1c(F)cccc1C1(O)CC2COCC(C1)N2. The number of ether oxygens (including phenoxy) is 1. The molecule has 98 valence electrons. The van der Waals surface area contributed by atoms with E-state index < -0.39 is 5.60 Å².